The second-order valence-corrected chi connectivity index (χ2v) is 6.33. The van der Waals surface area contributed by atoms with Crippen molar-refractivity contribution in [3.63, 3.8) is 0 Å². The van der Waals surface area contributed by atoms with Gasteiger partial charge >= 0.3 is 0 Å². The average molecular weight is 249 g/mol. The van der Waals surface area contributed by atoms with Gasteiger partial charge < -0.3 is 4.90 Å². The molecule has 2 aliphatic carbocycles. The van der Waals surface area contributed by atoms with Gasteiger partial charge in [0.1, 0.15) is 5.78 Å². The van der Waals surface area contributed by atoms with Gasteiger partial charge in [0.05, 0.1) is 0 Å². The zero-order valence-electron chi connectivity index (χ0n) is 11.2. The van der Waals surface area contributed by atoms with Crippen molar-refractivity contribution in [2.24, 2.45) is 17.8 Å². The van der Waals surface area contributed by atoms with Crippen molar-refractivity contribution in [3.8, 4) is 0 Å². The van der Waals surface area contributed by atoms with Crippen LogP contribution in [0.15, 0.2) is 0 Å². The van der Waals surface area contributed by atoms with Crippen LogP contribution in [0, 0.1) is 17.8 Å². The fourth-order valence-electron chi connectivity index (χ4n) is 3.79. The SMILES string of the molecule is CC(C(=O)N1CCCC1C1CCCC1=O)C1CC1. The van der Waals surface area contributed by atoms with E-state index in [1.165, 1.54) is 12.8 Å². The van der Waals surface area contributed by atoms with Crippen LogP contribution in [0.4, 0.5) is 0 Å². The van der Waals surface area contributed by atoms with Crippen LogP contribution >= 0.6 is 0 Å². The molecule has 0 aromatic heterocycles. The topological polar surface area (TPSA) is 37.4 Å². The molecule has 3 rings (SSSR count). The molecule has 3 nitrogen and oxygen atoms in total. The van der Waals surface area contributed by atoms with Crippen molar-refractivity contribution >= 4 is 11.7 Å². The molecule has 0 bridgehead atoms. The summed E-state index contributed by atoms with van der Waals surface area (Å²) in [5, 5.41) is 0. The van der Waals surface area contributed by atoms with Crippen LogP contribution in [0.2, 0.25) is 0 Å². The van der Waals surface area contributed by atoms with Crippen molar-refractivity contribution in [1.82, 2.24) is 4.90 Å². The number of amides is 1. The minimum absolute atomic E-state index is 0.155. The fraction of sp³-hybridized carbons (Fsp3) is 0.867. The summed E-state index contributed by atoms with van der Waals surface area (Å²) in [6.45, 7) is 2.95. The molecule has 3 heteroatoms. The number of likely N-dealkylation sites (tertiary alicyclic amines) is 1. The zero-order chi connectivity index (χ0) is 12.7. The second kappa shape index (κ2) is 4.67. The number of Topliss-reactive ketones (excluding diaryl/α,β-unsaturated/α-hetero) is 1. The Hall–Kier alpha value is -0.860. The first-order chi connectivity index (χ1) is 8.68. The van der Waals surface area contributed by atoms with Crippen molar-refractivity contribution in [3.05, 3.63) is 0 Å². The van der Waals surface area contributed by atoms with E-state index in [-0.39, 0.29) is 17.9 Å². The highest BCUT2D eigenvalue weighted by atomic mass is 16.2. The maximum atomic E-state index is 12.5. The summed E-state index contributed by atoms with van der Waals surface area (Å²) in [6, 6.07) is 0.230. The summed E-state index contributed by atoms with van der Waals surface area (Å²) in [6.07, 6.45) is 7.32. The number of ketones is 1. The third kappa shape index (κ3) is 2.08. The van der Waals surface area contributed by atoms with Crippen LogP contribution in [-0.4, -0.2) is 29.2 Å². The molecule has 3 fully saturated rings. The van der Waals surface area contributed by atoms with E-state index < -0.39 is 0 Å². The number of carbonyl (C=O) groups excluding carboxylic acids is 2. The van der Waals surface area contributed by atoms with Crippen LogP contribution in [0.3, 0.4) is 0 Å². The first-order valence-corrected chi connectivity index (χ1v) is 7.51. The minimum Gasteiger partial charge on any atom is -0.339 e. The molecule has 0 aromatic carbocycles. The van der Waals surface area contributed by atoms with E-state index in [2.05, 4.69) is 11.8 Å². The quantitative estimate of drug-likeness (QED) is 0.770. The lowest BCUT2D eigenvalue weighted by molar-refractivity contribution is -0.138. The summed E-state index contributed by atoms with van der Waals surface area (Å²) in [5.74, 6) is 1.68. The Balaban J connectivity index is 1.70. The highest BCUT2D eigenvalue weighted by Gasteiger charge is 2.43. The van der Waals surface area contributed by atoms with Gasteiger partial charge in [-0.3, -0.25) is 9.59 Å². The Bertz CT molecular complexity index is 362. The van der Waals surface area contributed by atoms with Crippen LogP contribution in [0.5, 0.6) is 0 Å². The largest absolute Gasteiger partial charge is 0.339 e. The van der Waals surface area contributed by atoms with Crippen molar-refractivity contribution in [1.29, 1.82) is 0 Å². The van der Waals surface area contributed by atoms with Crippen LogP contribution in [0.1, 0.15) is 51.9 Å². The highest BCUT2D eigenvalue weighted by Crippen LogP contribution is 2.40. The molecule has 18 heavy (non-hydrogen) atoms. The maximum absolute atomic E-state index is 12.5. The average Bonchev–Trinajstić information content (AvgIpc) is 2.95. The minimum atomic E-state index is 0.155. The monoisotopic (exact) mass is 249 g/mol. The summed E-state index contributed by atoms with van der Waals surface area (Å²) in [4.78, 5) is 26.5. The molecular weight excluding hydrogens is 226 g/mol. The van der Waals surface area contributed by atoms with E-state index in [4.69, 9.17) is 0 Å². The lowest BCUT2D eigenvalue weighted by atomic mass is 9.94. The molecule has 1 aliphatic heterocycles. The molecule has 0 spiro atoms. The van der Waals surface area contributed by atoms with Gasteiger partial charge in [-0.15, -0.1) is 0 Å². The van der Waals surface area contributed by atoms with Gasteiger partial charge in [0, 0.05) is 30.8 Å². The Morgan fingerprint density at radius 3 is 2.61 bits per heavy atom. The fourth-order valence-corrected chi connectivity index (χ4v) is 3.79. The molecular formula is C15H23NO2. The van der Waals surface area contributed by atoms with E-state index >= 15 is 0 Å². The highest BCUT2D eigenvalue weighted by molar-refractivity contribution is 5.85. The predicted molar refractivity (Wildman–Crippen MR) is 69.0 cm³/mol. The Kier molecular flexibility index (Phi) is 3.16. The third-order valence-corrected chi connectivity index (χ3v) is 5.12. The van der Waals surface area contributed by atoms with Crippen molar-refractivity contribution in [2.75, 3.05) is 6.54 Å². The molecule has 3 aliphatic rings. The van der Waals surface area contributed by atoms with E-state index in [9.17, 15) is 9.59 Å². The van der Waals surface area contributed by atoms with Crippen LogP contribution in [-0.2, 0) is 9.59 Å². The first-order valence-electron chi connectivity index (χ1n) is 7.51. The van der Waals surface area contributed by atoms with E-state index in [1.54, 1.807) is 0 Å². The summed E-state index contributed by atoms with van der Waals surface area (Å²) >= 11 is 0. The number of nitrogens with zero attached hydrogens (tertiary/aromatic N) is 1. The molecule has 1 saturated heterocycles. The number of rotatable bonds is 3. The lowest BCUT2D eigenvalue weighted by Crippen LogP contribution is -2.44. The molecule has 3 unspecified atom stereocenters. The van der Waals surface area contributed by atoms with Crippen LogP contribution < -0.4 is 0 Å². The smallest absolute Gasteiger partial charge is 0.225 e. The molecule has 0 N–H and O–H groups in total. The number of hydrogen-bond acceptors (Lipinski definition) is 2. The number of hydrogen-bond donors (Lipinski definition) is 0. The summed E-state index contributed by atoms with van der Waals surface area (Å²) in [5.41, 5.74) is 0. The molecule has 1 heterocycles. The lowest BCUT2D eigenvalue weighted by Gasteiger charge is -2.30. The predicted octanol–water partition coefficient (Wildman–Crippen LogP) is 2.39. The Labute approximate surface area is 109 Å². The van der Waals surface area contributed by atoms with Gasteiger partial charge in [-0.2, -0.15) is 0 Å². The molecule has 2 saturated carbocycles. The standard InChI is InChI=1S/C15H23NO2/c1-10(11-7-8-11)15(18)16-9-3-5-13(16)12-4-2-6-14(12)17/h10-13H,2-9H2,1H3. The van der Waals surface area contributed by atoms with E-state index in [0.29, 0.717) is 17.6 Å². The Morgan fingerprint density at radius 2 is 2.00 bits per heavy atom. The second-order valence-electron chi connectivity index (χ2n) is 6.33. The molecule has 1 amide bonds. The van der Waals surface area contributed by atoms with Gasteiger partial charge in [0.2, 0.25) is 5.91 Å². The first kappa shape index (κ1) is 12.2. The zero-order valence-corrected chi connectivity index (χ0v) is 11.2. The van der Waals surface area contributed by atoms with E-state index in [0.717, 1.165) is 38.6 Å². The van der Waals surface area contributed by atoms with Crippen LogP contribution in [0.25, 0.3) is 0 Å². The molecule has 3 atom stereocenters. The summed E-state index contributed by atoms with van der Waals surface area (Å²) < 4.78 is 0. The molecule has 0 radical (unpaired) electrons. The van der Waals surface area contributed by atoms with E-state index in [1.807, 2.05) is 0 Å². The van der Waals surface area contributed by atoms with Gasteiger partial charge in [0.25, 0.3) is 0 Å². The third-order valence-electron chi connectivity index (χ3n) is 5.12. The van der Waals surface area contributed by atoms with Gasteiger partial charge in [-0.25, -0.2) is 0 Å². The van der Waals surface area contributed by atoms with Crippen molar-refractivity contribution in [2.45, 2.75) is 57.9 Å². The Morgan fingerprint density at radius 1 is 1.22 bits per heavy atom. The number of carbonyl (C=O) groups is 2. The molecule has 0 aromatic rings. The van der Waals surface area contributed by atoms with Gasteiger partial charge in [-0.1, -0.05) is 6.92 Å². The van der Waals surface area contributed by atoms with Crippen molar-refractivity contribution < 1.29 is 9.59 Å². The molecule has 100 valence electrons. The van der Waals surface area contributed by atoms with Gasteiger partial charge in [0.15, 0.2) is 0 Å². The normalized spacial score (nSPS) is 34.1. The van der Waals surface area contributed by atoms with Gasteiger partial charge in [-0.05, 0) is 44.4 Å². The maximum Gasteiger partial charge on any atom is 0.225 e. The summed E-state index contributed by atoms with van der Waals surface area (Å²) in [7, 11) is 0.